The summed E-state index contributed by atoms with van der Waals surface area (Å²) in [6.45, 7) is 6.53. The maximum Gasteiger partial charge on any atom is 0.410 e. The van der Waals surface area contributed by atoms with Crippen molar-refractivity contribution in [3.8, 4) is 23.5 Å². The van der Waals surface area contributed by atoms with E-state index >= 15 is 0 Å². The Hall–Kier alpha value is -5.19. The highest BCUT2D eigenvalue weighted by atomic mass is 32.2. The zero-order chi connectivity index (χ0) is 37.5. The van der Waals surface area contributed by atoms with Crippen molar-refractivity contribution in [2.45, 2.75) is 74.3 Å². The number of likely N-dealkylation sites (tertiary alicyclic amines) is 1. The number of fused-ring (bicyclic) bond motifs is 3. The molecule has 0 saturated carbocycles. The van der Waals surface area contributed by atoms with Gasteiger partial charge in [-0.3, -0.25) is 14.5 Å². The molecule has 3 amide bonds. The second kappa shape index (κ2) is 16.7. The minimum Gasteiger partial charge on any atom is -0.448 e. The fourth-order valence-electron chi connectivity index (χ4n) is 7.00. The number of nitrogens with one attached hydrogen (secondary N) is 1. The van der Waals surface area contributed by atoms with Crippen molar-refractivity contribution in [2.24, 2.45) is 5.41 Å². The first kappa shape index (κ1) is 37.6. The normalized spacial score (nSPS) is 16.3. The molecule has 6 rings (SSSR count). The smallest absolute Gasteiger partial charge is 0.410 e. The van der Waals surface area contributed by atoms with Gasteiger partial charge in [-0.25, -0.2) is 9.48 Å². The van der Waals surface area contributed by atoms with E-state index in [1.165, 1.54) is 23.7 Å². The van der Waals surface area contributed by atoms with E-state index in [-0.39, 0.29) is 37.7 Å². The number of ether oxygens (including phenoxy) is 2. The lowest BCUT2D eigenvalue weighted by atomic mass is 9.83. The first-order valence-electron chi connectivity index (χ1n) is 17.8. The van der Waals surface area contributed by atoms with Crippen LogP contribution in [0.4, 0.5) is 4.79 Å². The molecule has 1 saturated heterocycles. The molecule has 2 aliphatic rings. The summed E-state index contributed by atoms with van der Waals surface area (Å²) in [5, 5.41) is 15.9. The summed E-state index contributed by atoms with van der Waals surface area (Å²) in [6, 6.07) is 23.9. The van der Waals surface area contributed by atoms with Gasteiger partial charge in [0.05, 0.1) is 19.2 Å². The molecule has 2 heterocycles. The molecule has 4 aromatic rings. The SMILES string of the molecule is C#CCOCC(C)(C)[C@H](NC(=O)[C@H](C)N(C)C(=O)OCC1c2ccccc2-c2ccccc21)C(=O)N1CCC[C@H]1Cn1nnnc1Sc1ccccc1. The van der Waals surface area contributed by atoms with Crippen LogP contribution in [0.1, 0.15) is 50.7 Å². The molecular weight excluding hydrogens is 691 g/mol. The Balaban J connectivity index is 1.13. The van der Waals surface area contributed by atoms with Crippen LogP contribution in [0.5, 0.6) is 0 Å². The first-order chi connectivity index (χ1) is 25.6. The molecule has 1 fully saturated rings. The summed E-state index contributed by atoms with van der Waals surface area (Å²) in [6.07, 6.45) is 6.34. The van der Waals surface area contributed by atoms with Gasteiger partial charge in [-0.15, -0.1) is 11.5 Å². The van der Waals surface area contributed by atoms with Gasteiger partial charge in [0.25, 0.3) is 0 Å². The minimum absolute atomic E-state index is 0.0622. The van der Waals surface area contributed by atoms with Gasteiger partial charge in [-0.1, -0.05) is 86.5 Å². The summed E-state index contributed by atoms with van der Waals surface area (Å²) in [5.74, 6) is 1.59. The molecule has 53 heavy (non-hydrogen) atoms. The van der Waals surface area contributed by atoms with Gasteiger partial charge in [0, 0.05) is 29.8 Å². The molecule has 1 aliphatic carbocycles. The highest BCUT2D eigenvalue weighted by molar-refractivity contribution is 7.99. The van der Waals surface area contributed by atoms with E-state index in [1.807, 2.05) is 68.4 Å². The van der Waals surface area contributed by atoms with Crippen LogP contribution < -0.4 is 5.32 Å². The maximum absolute atomic E-state index is 14.5. The highest BCUT2D eigenvalue weighted by Gasteiger charge is 2.43. The molecule has 1 aliphatic heterocycles. The minimum atomic E-state index is -0.987. The third kappa shape index (κ3) is 8.40. The molecular formula is C40H45N7O5S. The van der Waals surface area contributed by atoms with E-state index in [1.54, 1.807) is 16.5 Å². The predicted octanol–water partition coefficient (Wildman–Crippen LogP) is 5.25. The Morgan fingerprint density at radius 1 is 1.04 bits per heavy atom. The molecule has 1 N–H and O–H groups in total. The Bertz CT molecular complexity index is 1920. The fourth-order valence-corrected chi connectivity index (χ4v) is 7.80. The van der Waals surface area contributed by atoms with Gasteiger partial charge in [-0.2, -0.15) is 0 Å². The van der Waals surface area contributed by atoms with Crippen LogP contribution in [0.2, 0.25) is 0 Å². The maximum atomic E-state index is 14.5. The number of carbonyl (C=O) groups excluding carboxylic acids is 3. The number of nitrogens with zero attached hydrogens (tertiary/aromatic N) is 6. The molecule has 0 radical (unpaired) electrons. The van der Waals surface area contributed by atoms with E-state index in [4.69, 9.17) is 15.9 Å². The van der Waals surface area contributed by atoms with Crippen LogP contribution in [0.3, 0.4) is 0 Å². The average molecular weight is 736 g/mol. The number of likely N-dealkylation sites (N-methyl/N-ethyl adjacent to an activating group) is 1. The van der Waals surface area contributed by atoms with Gasteiger partial charge in [0.1, 0.15) is 25.3 Å². The predicted molar refractivity (Wildman–Crippen MR) is 201 cm³/mol. The monoisotopic (exact) mass is 735 g/mol. The zero-order valence-corrected chi connectivity index (χ0v) is 31.3. The van der Waals surface area contributed by atoms with Crippen LogP contribution in [-0.4, -0.2) is 99.5 Å². The van der Waals surface area contributed by atoms with Gasteiger partial charge in [0.2, 0.25) is 17.0 Å². The number of hydrogen-bond donors (Lipinski definition) is 1. The molecule has 3 atom stereocenters. The number of aromatic nitrogens is 4. The van der Waals surface area contributed by atoms with Crippen molar-refractivity contribution < 1.29 is 23.9 Å². The van der Waals surface area contributed by atoms with Gasteiger partial charge < -0.3 is 19.7 Å². The number of hydrogen-bond acceptors (Lipinski definition) is 9. The van der Waals surface area contributed by atoms with Crippen LogP contribution in [0.15, 0.2) is 88.9 Å². The van der Waals surface area contributed by atoms with E-state index in [0.29, 0.717) is 18.2 Å². The highest BCUT2D eigenvalue weighted by Crippen LogP contribution is 2.44. The summed E-state index contributed by atoms with van der Waals surface area (Å²) < 4.78 is 13.2. The number of benzene rings is 3. The van der Waals surface area contributed by atoms with Gasteiger partial charge in [0.15, 0.2) is 0 Å². The Labute approximate surface area is 314 Å². The largest absolute Gasteiger partial charge is 0.448 e. The quantitative estimate of drug-likeness (QED) is 0.136. The van der Waals surface area contributed by atoms with E-state index in [9.17, 15) is 14.4 Å². The van der Waals surface area contributed by atoms with Crippen molar-refractivity contribution in [3.63, 3.8) is 0 Å². The van der Waals surface area contributed by atoms with Crippen LogP contribution in [-0.2, 0) is 25.6 Å². The molecule has 276 valence electrons. The van der Waals surface area contributed by atoms with E-state index < -0.39 is 29.5 Å². The van der Waals surface area contributed by atoms with Crippen LogP contribution >= 0.6 is 11.8 Å². The third-order valence-corrected chi connectivity index (χ3v) is 11.0. The summed E-state index contributed by atoms with van der Waals surface area (Å²) in [5.41, 5.74) is 3.58. The molecule has 13 heteroatoms. The number of rotatable bonds is 14. The van der Waals surface area contributed by atoms with Crippen molar-refractivity contribution in [2.75, 3.05) is 33.4 Å². The van der Waals surface area contributed by atoms with E-state index in [0.717, 1.165) is 40.0 Å². The first-order valence-corrected chi connectivity index (χ1v) is 18.6. The third-order valence-electron chi connectivity index (χ3n) is 10.1. The second-order valence-electron chi connectivity index (χ2n) is 14.1. The van der Waals surface area contributed by atoms with E-state index in [2.05, 4.69) is 51.0 Å². The number of carbonyl (C=O) groups is 3. The van der Waals surface area contributed by atoms with Crippen molar-refractivity contribution in [1.29, 1.82) is 0 Å². The number of terminal acetylenes is 1. The molecule has 12 nitrogen and oxygen atoms in total. The Morgan fingerprint density at radius 3 is 2.38 bits per heavy atom. The average Bonchev–Trinajstić information content (AvgIpc) is 3.90. The fraction of sp³-hybridized carbons (Fsp3) is 0.400. The zero-order valence-electron chi connectivity index (χ0n) is 30.5. The molecule has 1 aromatic heterocycles. The molecule has 0 spiro atoms. The summed E-state index contributed by atoms with van der Waals surface area (Å²) in [7, 11) is 1.52. The topological polar surface area (TPSA) is 132 Å². The Morgan fingerprint density at radius 2 is 1.70 bits per heavy atom. The lowest BCUT2D eigenvalue weighted by molar-refractivity contribution is -0.143. The van der Waals surface area contributed by atoms with Crippen LogP contribution in [0, 0.1) is 17.8 Å². The second-order valence-corrected chi connectivity index (χ2v) is 15.1. The molecule has 3 aromatic carbocycles. The van der Waals surface area contributed by atoms with Gasteiger partial charge in [-0.05, 0) is 76.3 Å². The van der Waals surface area contributed by atoms with Gasteiger partial charge >= 0.3 is 6.09 Å². The molecule has 0 unspecified atom stereocenters. The Kier molecular flexibility index (Phi) is 11.8. The lowest BCUT2D eigenvalue weighted by Gasteiger charge is -2.38. The summed E-state index contributed by atoms with van der Waals surface area (Å²) >= 11 is 1.45. The number of tetrazole rings is 1. The van der Waals surface area contributed by atoms with Crippen molar-refractivity contribution in [3.05, 3.63) is 90.0 Å². The number of amides is 3. The van der Waals surface area contributed by atoms with Crippen molar-refractivity contribution in [1.82, 2.24) is 35.3 Å². The lowest BCUT2D eigenvalue weighted by Crippen LogP contribution is -2.60. The standard InChI is InChI=1S/C40H45N7O5S/c1-6-23-51-26-40(3,4)35(37(49)46-22-14-15-28(46)24-47-38(42-43-44-47)53-29-16-8-7-9-17-29)41-36(48)27(2)45(5)39(50)52-25-34-32-20-12-10-18-30(32)31-19-11-13-21-33(31)34/h1,7-13,16-21,27-28,34-35H,14-15,22-26H2,2-5H3,(H,41,48)/t27-,28-,35+/m0/s1. The summed E-state index contributed by atoms with van der Waals surface area (Å²) in [4.78, 5) is 45.8. The molecule has 0 bridgehead atoms. The van der Waals surface area contributed by atoms with Crippen LogP contribution in [0.25, 0.3) is 11.1 Å². The van der Waals surface area contributed by atoms with Crippen molar-refractivity contribution >= 4 is 29.7 Å².